The Balaban J connectivity index is 1.78. The van der Waals surface area contributed by atoms with Gasteiger partial charge in [0, 0.05) is 0 Å². The lowest BCUT2D eigenvalue weighted by Crippen LogP contribution is -2.30. The Labute approximate surface area is 94.1 Å². The first-order valence-corrected chi connectivity index (χ1v) is 7.03. The zero-order valence-electron chi connectivity index (χ0n) is 10.0. The van der Waals surface area contributed by atoms with Gasteiger partial charge in [0.15, 0.2) is 0 Å². The van der Waals surface area contributed by atoms with E-state index in [-0.39, 0.29) is 0 Å². The molecule has 0 N–H and O–H groups in total. The van der Waals surface area contributed by atoms with E-state index in [1.807, 2.05) is 5.57 Å². The maximum atomic E-state index is 2.71. The van der Waals surface area contributed by atoms with Crippen LogP contribution < -0.4 is 0 Å². The molecule has 0 aromatic carbocycles. The van der Waals surface area contributed by atoms with Gasteiger partial charge in [-0.05, 0) is 62.2 Å². The maximum absolute atomic E-state index is 2.71. The monoisotopic (exact) mass is 204 g/mol. The number of hydrogen-bond donors (Lipinski definition) is 0. The molecule has 84 valence electrons. The molecule has 0 saturated heterocycles. The standard InChI is InChI=1S/C15H24/c1-11-6-7-14-9-12-4-2-3-5-13(12)10-15(14)8-11/h9,11,13-15H,2-8,10H2,1H3. The average Bonchev–Trinajstić information content (AvgIpc) is 2.26. The summed E-state index contributed by atoms with van der Waals surface area (Å²) in [5, 5.41) is 0. The van der Waals surface area contributed by atoms with Crippen molar-refractivity contribution in [1.82, 2.24) is 0 Å². The minimum absolute atomic E-state index is 0.977. The molecular formula is C15H24. The molecule has 4 unspecified atom stereocenters. The molecule has 3 rings (SSSR count). The van der Waals surface area contributed by atoms with Crippen LogP contribution in [0.2, 0.25) is 0 Å². The molecule has 0 nitrogen and oxygen atoms in total. The van der Waals surface area contributed by atoms with Crippen molar-refractivity contribution in [3.63, 3.8) is 0 Å². The summed E-state index contributed by atoms with van der Waals surface area (Å²) < 4.78 is 0. The van der Waals surface area contributed by atoms with Crippen LogP contribution in [0.15, 0.2) is 11.6 Å². The number of fused-ring (bicyclic) bond motifs is 2. The van der Waals surface area contributed by atoms with Crippen molar-refractivity contribution in [3.05, 3.63) is 11.6 Å². The average molecular weight is 204 g/mol. The molecule has 0 aromatic rings. The Morgan fingerprint density at radius 3 is 2.93 bits per heavy atom. The molecule has 0 aliphatic heterocycles. The van der Waals surface area contributed by atoms with Gasteiger partial charge in [0.2, 0.25) is 0 Å². The molecule has 2 fully saturated rings. The van der Waals surface area contributed by atoms with Gasteiger partial charge in [0.25, 0.3) is 0 Å². The van der Waals surface area contributed by atoms with Gasteiger partial charge in [0.1, 0.15) is 0 Å². The van der Waals surface area contributed by atoms with Crippen LogP contribution in [0.1, 0.15) is 58.3 Å². The lowest BCUT2D eigenvalue weighted by atomic mass is 9.64. The van der Waals surface area contributed by atoms with E-state index in [0.717, 1.165) is 23.7 Å². The third kappa shape index (κ3) is 1.88. The zero-order chi connectivity index (χ0) is 10.3. The van der Waals surface area contributed by atoms with E-state index < -0.39 is 0 Å². The van der Waals surface area contributed by atoms with Crippen molar-refractivity contribution >= 4 is 0 Å². The lowest BCUT2D eigenvalue weighted by molar-refractivity contribution is 0.171. The van der Waals surface area contributed by atoms with Crippen LogP contribution in [0.25, 0.3) is 0 Å². The lowest BCUT2D eigenvalue weighted by Gasteiger charge is -2.42. The molecule has 3 aliphatic rings. The normalized spacial score (nSPS) is 45.3. The summed E-state index contributed by atoms with van der Waals surface area (Å²) in [6.07, 6.45) is 14.6. The third-order valence-corrected chi connectivity index (χ3v) is 5.11. The summed E-state index contributed by atoms with van der Waals surface area (Å²) in [6, 6.07) is 0. The second-order valence-electron chi connectivity index (χ2n) is 6.26. The van der Waals surface area contributed by atoms with Gasteiger partial charge in [-0.25, -0.2) is 0 Å². The molecule has 0 heterocycles. The van der Waals surface area contributed by atoms with Crippen LogP contribution in [0, 0.1) is 23.7 Å². The molecule has 0 radical (unpaired) electrons. The van der Waals surface area contributed by atoms with Crippen molar-refractivity contribution in [2.75, 3.05) is 0 Å². The van der Waals surface area contributed by atoms with Gasteiger partial charge in [-0.15, -0.1) is 0 Å². The summed E-state index contributed by atoms with van der Waals surface area (Å²) in [4.78, 5) is 0. The van der Waals surface area contributed by atoms with Crippen molar-refractivity contribution < 1.29 is 0 Å². The maximum Gasteiger partial charge on any atom is -0.0200 e. The molecule has 0 amide bonds. The summed E-state index contributed by atoms with van der Waals surface area (Å²) in [5.74, 6) is 4.04. The van der Waals surface area contributed by atoms with Gasteiger partial charge in [-0.2, -0.15) is 0 Å². The van der Waals surface area contributed by atoms with Crippen LogP contribution >= 0.6 is 0 Å². The fourth-order valence-electron chi connectivity index (χ4n) is 4.25. The summed E-state index contributed by atoms with van der Waals surface area (Å²) >= 11 is 0. The second-order valence-corrected chi connectivity index (χ2v) is 6.26. The van der Waals surface area contributed by atoms with E-state index in [1.54, 1.807) is 6.42 Å². The highest BCUT2D eigenvalue weighted by atomic mass is 14.4. The molecule has 4 atom stereocenters. The van der Waals surface area contributed by atoms with E-state index in [4.69, 9.17) is 0 Å². The third-order valence-electron chi connectivity index (χ3n) is 5.11. The molecule has 0 heteroatoms. The summed E-state index contributed by atoms with van der Waals surface area (Å²) in [6.45, 7) is 2.45. The first-order valence-electron chi connectivity index (χ1n) is 7.03. The van der Waals surface area contributed by atoms with Gasteiger partial charge in [-0.3, -0.25) is 0 Å². The van der Waals surface area contributed by atoms with E-state index in [2.05, 4.69) is 13.0 Å². The fourth-order valence-corrected chi connectivity index (χ4v) is 4.25. The molecule has 0 spiro atoms. The Morgan fingerprint density at radius 2 is 2.00 bits per heavy atom. The number of allylic oxidation sites excluding steroid dienone is 2. The van der Waals surface area contributed by atoms with Gasteiger partial charge >= 0.3 is 0 Å². The van der Waals surface area contributed by atoms with Gasteiger partial charge in [-0.1, -0.05) is 31.4 Å². The van der Waals surface area contributed by atoms with Gasteiger partial charge < -0.3 is 0 Å². The molecule has 15 heavy (non-hydrogen) atoms. The topological polar surface area (TPSA) is 0 Å². The van der Waals surface area contributed by atoms with Crippen molar-refractivity contribution in [2.45, 2.75) is 58.3 Å². The second kappa shape index (κ2) is 3.96. The SMILES string of the molecule is CC1CCC2C=C3CCCCC3CC2C1. The highest BCUT2D eigenvalue weighted by molar-refractivity contribution is 5.16. The predicted octanol–water partition coefficient (Wildman–Crippen LogP) is 4.56. The molecule has 0 aromatic heterocycles. The zero-order valence-corrected chi connectivity index (χ0v) is 10.0. The minimum Gasteiger partial charge on any atom is -0.0817 e. The highest BCUT2D eigenvalue weighted by Crippen LogP contribution is 2.47. The van der Waals surface area contributed by atoms with Crippen LogP contribution in [-0.4, -0.2) is 0 Å². The largest absolute Gasteiger partial charge is 0.0817 e. The molecular weight excluding hydrogens is 180 g/mol. The van der Waals surface area contributed by atoms with E-state index in [9.17, 15) is 0 Å². The quantitative estimate of drug-likeness (QED) is 0.507. The van der Waals surface area contributed by atoms with Crippen molar-refractivity contribution in [3.8, 4) is 0 Å². The number of hydrogen-bond acceptors (Lipinski definition) is 0. The predicted molar refractivity (Wildman–Crippen MR) is 64.7 cm³/mol. The first kappa shape index (κ1) is 9.93. The summed E-state index contributed by atoms with van der Waals surface area (Å²) in [5.41, 5.74) is 1.86. The highest BCUT2D eigenvalue weighted by Gasteiger charge is 2.35. The Hall–Kier alpha value is -0.260. The Morgan fingerprint density at radius 1 is 1.07 bits per heavy atom. The van der Waals surface area contributed by atoms with Crippen LogP contribution in [-0.2, 0) is 0 Å². The molecule has 2 saturated carbocycles. The Bertz CT molecular complexity index is 263. The van der Waals surface area contributed by atoms with Crippen LogP contribution in [0.3, 0.4) is 0 Å². The van der Waals surface area contributed by atoms with E-state index >= 15 is 0 Å². The van der Waals surface area contributed by atoms with Crippen molar-refractivity contribution in [1.29, 1.82) is 0 Å². The smallest absolute Gasteiger partial charge is 0.0200 e. The molecule has 3 aliphatic carbocycles. The number of rotatable bonds is 0. The fraction of sp³-hybridized carbons (Fsp3) is 0.867. The first-order chi connectivity index (χ1) is 7.33. The summed E-state index contributed by atoms with van der Waals surface area (Å²) in [7, 11) is 0. The van der Waals surface area contributed by atoms with Crippen LogP contribution in [0.4, 0.5) is 0 Å². The minimum atomic E-state index is 0.977. The molecule has 0 bridgehead atoms. The Kier molecular flexibility index (Phi) is 2.62. The van der Waals surface area contributed by atoms with Gasteiger partial charge in [0.05, 0.1) is 0 Å². The van der Waals surface area contributed by atoms with Crippen LogP contribution in [0.5, 0.6) is 0 Å². The van der Waals surface area contributed by atoms with E-state index in [0.29, 0.717) is 0 Å². The van der Waals surface area contributed by atoms with E-state index in [1.165, 1.54) is 44.9 Å². The van der Waals surface area contributed by atoms with Crippen molar-refractivity contribution in [2.24, 2.45) is 23.7 Å².